The van der Waals surface area contributed by atoms with E-state index in [1.807, 2.05) is 0 Å². The fraction of sp³-hybridized carbons (Fsp3) is 0.300. The molecular formula is C10H11NO4S. The fourth-order valence-electron chi connectivity index (χ4n) is 1.42. The molecule has 0 unspecified atom stereocenters. The molecule has 0 aliphatic heterocycles. The van der Waals surface area contributed by atoms with E-state index < -0.39 is 28.6 Å². The summed E-state index contributed by atoms with van der Waals surface area (Å²) in [5.74, 6) is -1.88. The lowest BCUT2D eigenvalue weighted by Gasteiger charge is -2.16. The van der Waals surface area contributed by atoms with Crippen LogP contribution in [-0.2, 0) is 4.79 Å². The van der Waals surface area contributed by atoms with Crippen LogP contribution in [0, 0.1) is 10.1 Å². The predicted octanol–water partition coefficient (Wildman–Crippen LogP) is 1.43. The summed E-state index contributed by atoms with van der Waals surface area (Å²) in [6.45, 7) is -0.440. The van der Waals surface area contributed by atoms with Crippen LogP contribution in [0.5, 0.6) is 0 Å². The molecule has 0 saturated heterocycles. The SMILES string of the molecule is O=C(O)[C@@H](S)[C@H](C[N+](=O)[O-])c1ccccc1. The van der Waals surface area contributed by atoms with Gasteiger partial charge in [0.2, 0.25) is 6.54 Å². The van der Waals surface area contributed by atoms with Gasteiger partial charge in [0.25, 0.3) is 0 Å². The lowest BCUT2D eigenvalue weighted by Crippen LogP contribution is -2.28. The third-order valence-electron chi connectivity index (χ3n) is 2.21. The first-order chi connectivity index (χ1) is 7.52. The molecule has 6 heteroatoms. The smallest absolute Gasteiger partial charge is 0.317 e. The maximum Gasteiger partial charge on any atom is 0.317 e. The molecule has 16 heavy (non-hydrogen) atoms. The second-order valence-electron chi connectivity index (χ2n) is 3.32. The molecule has 1 rings (SSSR count). The second-order valence-corrected chi connectivity index (χ2v) is 3.87. The molecule has 0 heterocycles. The number of carbonyl (C=O) groups is 1. The number of hydrogen-bond acceptors (Lipinski definition) is 4. The molecule has 86 valence electrons. The van der Waals surface area contributed by atoms with Gasteiger partial charge in [-0.3, -0.25) is 14.9 Å². The molecule has 1 N–H and O–H groups in total. The maximum absolute atomic E-state index is 10.8. The van der Waals surface area contributed by atoms with Crippen molar-refractivity contribution in [3.05, 3.63) is 46.0 Å². The minimum absolute atomic E-state index is 0.440. The first-order valence-corrected chi connectivity index (χ1v) is 5.11. The quantitative estimate of drug-likeness (QED) is 0.464. The largest absolute Gasteiger partial charge is 0.480 e. The molecule has 0 aliphatic rings. The number of carboxylic acid groups (broad SMARTS) is 1. The summed E-state index contributed by atoms with van der Waals surface area (Å²) < 4.78 is 0. The molecule has 1 aromatic rings. The van der Waals surface area contributed by atoms with Crippen LogP contribution in [0.25, 0.3) is 0 Å². The summed E-state index contributed by atoms with van der Waals surface area (Å²) in [5, 5.41) is 18.2. The van der Waals surface area contributed by atoms with Crippen LogP contribution in [0.3, 0.4) is 0 Å². The highest BCUT2D eigenvalue weighted by molar-refractivity contribution is 7.81. The van der Waals surface area contributed by atoms with Crippen molar-refractivity contribution in [2.45, 2.75) is 11.2 Å². The van der Waals surface area contributed by atoms with Gasteiger partial charge in [0.1, 0.15) is 5.25 Å². The van der Waals surface area contributed by atoms with E-state index in [2.05, 4.69) is 12.6 Å². The molecule has 0 radical (unpaired) electrons. The number of nitrogens with zero attached hydrogens (tertiary/aromatic N) is 1. The molecule has 2 atom stereocenters. The minimum Gasteiger partial charge on any atom is -0.480 e. The van der Waals surface area contributed by atoms with Gasteiger partial charge in [0, 0.05) is 4.92 Å². The Morgan fingerprint density at radius 2 is 2.00 bits per heavy atom. The Balaban J connectivity index is 2.96. The number of nitro groups is 1. The molecule has 0 saturated carbocycles. The molecule has 5 nitrogen and oxygen atoms in total. The van der Waals surface area contributed by atoms with Gasteiger partial charge >= 0.3 is 5.97 Å². The van der Waals surface area contributed by atoms with E-state index in [-0.39, 0.29) is 0 Å². The zero-order valence-corrected chi connectivity index (χ0v) is 9.21. The number of hydrogen-bond donors (Lipinski definition) is 2. The summed E-state index contributed by atoms with van der Waals surface area (Å²) in [6, 6.07) is 8.52. The van der Waals surface area contributed by atoms with E-state index in [0.717, 1.165) is 0 Å². The Bertz CT molecular complexity index is 382. The fourth-order valence-corrected chi connectivity index (χ4v) is 1.69. The lowest BCUT2D eigenvalue weighted by atomic mass is 9.95. The lowest BCUT2D eigenvalue weighted by molar-refractivity contribution is -0.483. The highest BCUT2D eigenvalue weighted by atomic mass is 32.1. The number of carboxylic acids is 1. The number of rotatable bonds is 5. The molecule has 0 aliphatic carbocycles. The van der Waals surface area contributed by atoms with Crippen molar-refractivity contribution in [1.82, 2.24) is 0 Å². The van der Waals surface area contributed by atoms with Crippen molar-refractivity contribution >= 4 is 18.6 Å². The third kappa shape index (κ3) is 3.23. The maximum atomic E-state index is 10.8. The van der Waals surface area contributed by atoms with Crippen LogP contribution >= 0.6 is 12.6 Å². The van der Waals surface area contributed by atoms with E-state index in [1.165, 1.54) is 0 Å². The number of thiol groups is 1. The summed E-state index contributed by atoms with van der Waals surface area (Å²) in [6.07, 6.45) is 0. The van der Waals surface area contributed by atoms with Gasteiger partial charge in [-0.2, -0.15) is 12.6 Å². The Morgan fingerprint density at radius 1 is 1.44 bits per heavy atom. The second kappa shape index (κ2) is 5.50. The molecule has 1 aromatic carbocycles. The van der Waals surface area contributed by atoms with Gasteiger partial charge in [-0.15, -0.1) is 0 Å². The third-order valence-corrected chi connectivity index (χ3v) is 2.79. The Hall–Kier alpha value is -1.56. The van der Waals surface area contributed by atoms with Gasteiger partial charge < -0.3 is 5.11 Å². The van der Waals surface area contributed by atoms with Crippen molar-refractivity contribution in [2.75, 3.05) is 6.54 Å². The van der Waals surface area contributed by atoms with Gasteiger partial charge in [-0.1, -0.05) is 30.3 Å². The van der Waals surface area contributed by atoms with E-state index in [1.54, 1.807) is 30.3 Å². The predicted molar refractivity (Wildman–Crippen MR) is 61.5 cm³/mol. The number of benzene rings is 1. The summed E-state index contributed by atoms with van der Waals surface area (Å²) in [5.41, 5.74) is 0.613. The van der Waals surface area contributed by atoms with Gasteiger partial charge in [-0.05, 0) is 5.56 Å². The molecule has 0 spiro atoms. The van der Waals surface area contributed by atoms with E-state index in [9.17, 15) is 14.9 Å². The van der Waals surface area contributed by atoms with E-state index in [4.69, 9.17) is 5.11 Å². The zero-order chi connectivity index (χ0) is 12.1. The monoisotopic (exact) mass is 241 g/mol. The highest BCUT2D eigenvalue weighted by Gasteiger charge is 2.30. The normalized spacial score (nSPS) is 14.1. The number of aliphatic carboxylic acids is 1. The highest BCUT2D eigenvalue weighted by Crippen LogP contribution is 2.23. The van der Waals surface area contributed by atoms with E-state index >= 15 is 0 Å². The average molecular weight is 241 g/mol. The van der Waals surface area contributed by atoms with Crippen LogP contribution in [-0.4, -0.2) is 27.8 Å². The Kier molecular flexibility index (Phi) is 4.30. The van der Waals surface area contributed by atoms with Crippen LogP contribution in [0.4, 0.5) is 0 Å². The first-order valence-electron chi connectivity index (χ1n) is 4.60. The first kappa shape index (κ1) is 12.5. The Morgan fingerprint density at radius 3 is 2.44 bits per heavy atom. The van der Waals surface area contributed by atoms with Crippen molar-refractivity contribution in [3.63, 3.8) is 0 Å². The van der Waals surface area contributed by atoms with Crippen molar-refractivity contribution < 1.29 is 14.8 Å². The van der Waals surface area contributed by atoms with Crippen LogP contribution in [0.15, 0.2) is 30.3 Å². The summed E-state index contributed by atoms with van der Waals surface area (Å²) >= 11 is 3.90. The molecule has 0 amide bonds. The molecule has 0 bridgehead atoms. The summed E-state index contributed by atoms with van der Waals surface area (Å²) in [4.78, 5) is 20.8. The minimum atomic E-state index is -1.15. The molecular weight excluding hydrogens is 230 g/mol. The van der Waals surface area contributed by atoms with Gasteiger partial charge in [0.15, 0.2) is 0 Å². The van der Waals surface area contributed by atoms with Crippen molar-refractivity contribution in [2.24, 2.45) is 0 Å². The van der Waals surface area contributed by atoms with Gasteiger partial charge in [-0.25, -0.2) is 0 Å². The van der Waals surface area contributed by atoms with Gasteiger partial charge in [0.05, 0.1) is 5.92 Å². The molecule has 0 aromatic heterocycles. The summed E-state index contributed by atoms with van der Waals surface area (Å²) in [7, 11) is 0. The van der Waals surface area contributed by atoms with E-state index in [0.29, 0.717) is 5.56 Å². The van der Waals surface area contributed by atoms with Crippen LogP contribution < -0.4 is 0 Å². The molecule has 0 fully saturated rings. The zero-order valence-electron chi connectivity index (χ0n) is 8.31. The Labute approximate surface area is 97.7 Å². The topological polar surface area (TPSA) is 80.4 Å². The van der Waals surface area contributed by atoms with Crippen molar-refractivity contribution in [1.29, 1.82) is 0 Å². The average Bonchev–Trinajstić information content (AvgIpc) is 2.26. The van der Waals surface area contributed by atoms with Crippen molar-refractivity contribution in [3.8, 4) is 0 Å². The van der Waals surface area contributed by atoms with Crippen LogP contribution in [0.2, 0.25) is 0 Å². The van der Waals surface area contributed by atoms with Crippen LogP contribution in [0.1, 0.15) is 11.5 Å². The standard InChI is InChI=1S/C10H11NO4S/c12-10(13)9(16)8(6-11(14)15)7-4-2-1-3-5-7/h1-5,8-9,16H,6H2,(H,12,13)/t8-,9+/m1/s1.